The van der Waals surface area contributed by atoms with Gasteiger partial charge in [0.15, 0.2) is 0 Å². The van der Waals surface area contributed by atoms with Crippen LogP contribution in [0.2, 0.25) is 0 Å². The van der Waals surface area contributed by atoms with E-state index in [1.54, 1.807) is 7.05 Å². The Hall–Kier alpha value is -1.75. The monoisotopic (exact) mass is 290 g/mol. The number of nitrogens with zero attached hydrogens (tertiary/aromatic N) is 1. The maximum atomic E-state index is 12.1. The number of anilines is 1. The van der Waals surface area contributed by atoms with Crippen LogP contribution in [0.1, 0.15) is 16.7 Å². The van der Waals surface area contributed by atoms with Gasteiger partial charge in [0.05, 0.1) is 10.8 Å². The average molecular weight is 290 g/mol. The summed E-state index contributed by atoms with van der Waals surface area (Å²) < 4.78 is 0. The molecule has 1 aliphatic rings. The maximum absolute atomic E-state index is 12.1. The Morgan fingerprint density at radius 2 is 1.90 bits per heavy atom. The van der Waals surface area contributed by atoms with Gasteiger partial charge < -0.3 is 10.2 Å². The lowest BCUT2D eigenvalue weighted by atomic mass is 10.1. The molecule has 0 saturated carbocycles. The average Bonchev–Trinajstić information content (AvgIpc) is 2.66. The minimum Gasteiger partial charge on any atom is -0.322 e. The first kappa shape index (κ1) is 14.7. The number of hydrogen-bond donors (Lipinski definition) is 1. The SMILES string of the molecule is Cc1cc(C)c(NC(=O)C=C2SCC(=O)N2C)c(C)c1. The standard InChI is InChI=1S/C15H18N2O2S/c1-9-5-10(2)15(11(3)6-9)16-12(18)7-14-17(4)13(19)8-20-14/h5-7H,8H2,1-4H3,(H,16,18). The molecule has 0 aliphatic carbocycles. The highest BCUT2D eigenvalue weighted by Crippen LogP contribution is 2.27. The quantitative estimate of drug-likeness (QED) is 0.852. The lowest BCUT2D eigenvalue weighted by molar-refractivity contribution is -0.124. The van der Waals surface area contributed by atoms with Crippen molar-refractivity contribution < 1.29 is 9.59 Å². The fraction of sp³-hybridized carbons (Fsp3) is 0.333. The molecule has 5 heteroatoms. The molecule has 1 aliphatic heterocycles. The minimum absolute atomic E-state index is 0.0248. The van der Waals surface area contributed by atoms with E-state index in [0.717, 1.165) is 16.8 Å². The molecule has 1 heterocycles. The molecule has 20 heavy (non-hydrogen) atoms. The molecule has 0 radical (unpaired) electrons. The van der Waals surface area contributed by atoms with E-state index in [1.807, 2.05) is 32.9 Å². The molecule has 1 N–H and O–H groups in total. The Balaban J connectivity index is 2.17. The van der Waals surface area contributed by atoms with Crippen molar-refractivity contribution in [2.75, 3.05) is 18.1 Å². The van der Waals surface area contributed by atoms with Crippen LogP contribution in [0.3, 0.4) is 0 Å². The van der Waals surface area contributed by atoms with E-state index < -0.39 is 0 Å². The fourth-order valence-electron chi connectivity index (χ4n) is 2.24. The van der Waals surface area contributed by atoms with E-state index in [0.29, 0.717) is 10.8 Å². The minimum atomic E-state index is -0.205. The van der Waals surface area contributed by atoms with Crippen LogP contribution in [0.25, 0.3) is 0 Å². The normalized spacial score (nSPS) is 16.9. The molecule has 1 saturated heterocycles. The summed E-state index contributed by atoms with van der Waals surface area (Å²) in [5, 5.41) is 3.59. The van der Waals surface area contributed by atoms with Crippen LogP contribution in [0.4, 0.5) is 5.69 Å². The van der Waals surface area contributed by atoms with Crippen molar-refractivity contribution in [3.05, 3.63) is 39.9 Å². The second-order valence-corrected chi connectivity index (χ2v) is 5.98. The number of rotatable bonds is 2. The molecular weight excluding hydrogens is 272 g/mol. The van der Waals surface area contributed by atoms with Crippen molar-refractivity contribution in [1.82, 2.24) is 4.90 Å². The van der Waals surface area contributed by atoms with Crippen LogP contribution >= 0.6 is 11.8 Å². The Morgan fingerprint density at radius 1 is 1.30 bits per heavy atom. The third-order valence-corrected chi connectivity index (χ3v) is 4.31. The lowest BCUT2D eigenvalue weighted by Crippen LogP contribution is -2.20. The van der Waals surface area contributed by atoms with Crippen molar-refractivity contribution in [1.29, 1.82) is 0 Å². The Labute approximate surface area is 123 Å². The van der Waals surface area contributed by atoms with Crippen LogP contribution in [-0.4, -0.2) is 29.5 Å². The molecule has 0 bridgehead atoms. The van der Waals surface area contributed by atoms with Gasteiger partial charge >= 0.3 is 0 Å². The molecule has 2 rings (SSSR count). The summed E-state index contributed by atoms with van der Waals surface area (Å²) in [6.07, 6.45) is 1.48. The molecule has 2 amide bonds. The number of carbonyl (C=O) groups excluding carboxylic acids is 2. The number of benzene rings is 1. The summed E-state index contributed by atoms with van der Waals surface area (Å²) in [6.45, 7) is 5.98. The maximum Gasteiger partial charge on any atom is 0.251 e. The molecule has 1 aromatic carbocycles. The van der Waals surface area contributed by atoms with Crippen molar-refractivity contribution in [2.24, 2.45) is 0 Å². The molecule has 0 unspecified atom stereocenters. The van der Waals surface area contributed by atoms with Crippen LogP contribution in [-0.2, 0) is 9.59 Å². The topological polar surface area (TPSA) is 49.4 Å². The number of aryl methyl sites for hydroxylation is 3. The highest BCUT2D eigenvalue weighted by atomic mass is 32.2. The highest BCUT2D eigenvalue weighted by Gasteiger charge is 2.23. The van der Waals surface area contributed by atoms with Gasteiger partial charge in [-0.1, -0.05) is 29.5 Å². The van der Waals surface area contributed by atoms with Gasteiger partial charge in [0.1, 0.15) is 0 Å². The van der Waals surface area contributed by atoms with Gasteiger partial charge in [-0.15, -0.1) is 0 Å². The zero-order valence-electron chi connectivity index (χ0n) is 12.1. The summed E-state index contributed by atoms with van der Waals surface area (Å²) >= 11 is 1.38. The first-order valence-electron chi connectivity index (χ1n) is 6.38. The Kier molecular flexibility index (Phi) is 4.18. The summed E-state index contributed by atoms with van der Waals surface area (Å²) in [5.41, 5.74) is 4.10. The third-order valence-electron chi connectivity index (χ3n) is 3.23. The van der Waals surface area contributed by atoms with Crippen LogP contribution in [0.5, 0.6) is 0 Å². The Morgan fingerprint density at radius 3 is 2.40 bits per heavy atom. The van der Waals surface area contributed by atoms with Crippen molar-refractivity contribution in [3.63, 3.8) is 0 Å². The first-order chi connectivity index (χ1) is 9.38. The summed E-state index contributed by atoms with van der Waals surface area (Å²) in [7, 11) is 1.68. The fourth-order valence-corrected chi connectivity index (χ4v) is 3.19. The van der Waals surface area contributed by atoms with E-state index in [9.17, 15) is 9.59 Å². The van der Waals surface area contributed by atoms with E-state index in [-0.39, 0.29) is 11.8 Å². The number of thioether (sulfide) groups is 1. The molecule has 4 nitrogen and oxygen atoms in total. The Bertz CT molecular complexity index is 585. The molecular formula is C15H18N2O2S. The van der Waals surface area contributed by atoms with Crippen molar-refractivity contribution in [2.45, 2.75) is 20.8 Å². The smallest absolute Gasteiger partial charge is 0.251 e. The van der Waals surface area contributed by atoms with E-state index in [1.165, 1.54) is 28.3 Å². The first-order valence-corrected chi connectivity index (χ1v) is 7.37. The van der Waals surface area contributed by atoms with Gasteiger partial charge in [-0.25, -0.2) is 0 Å². The highest BCUT2D eigenvalue weighted by molar-refractivity contribution is 8.04. The van der Waals surface area contributed by atoms with Crippen molar-refractivity contribution >= 4 is 29.3 Å². The van der Waals surface area contributed by atoms with Gasteiger partial charge in [-0.2, -0.15) is 0 Å². The number of hydrogen-bond acceptors (Lipinski definition) is 3. The van der Waals surface area contributed by atoms with Crippen LogP contribution in [0, 0.1) is 20.8 Å². The molecule has 1 fully saturated rings. The van der Waals surface area contributed by atoms with E-state index in [4.69, 9.17) is 0 Å². The largest absolute Gasteiger partial charge is 0.322 e. The number of nitrogens with one attached hydrogen (secondary N) is 1. The van der Waals surface area contributed by atoms with Gasteiger partial charge in [-0.05, 0) is 31.9 Å². The second kappa shape index (κ2) is 5.71. The number of carbonyl (C=O) groups is 2. The van der Waals surface area contributed by atoms with E-state index in [2.05, 4.69) is 5.32 Å². The third kappa shape index (κ3) is 3.04. The molecule has 0 atom stereocenters. The van der Waals surface area contributed by atoms with Gasteiger partial charge in [0, 0.05) is 18.8 Å². The molecule has 106 valence electrons. The van der Waals surface area contributed by atoms with Crippen molar-refractivity contribution in [3.8, 4) is 0 Å². The lowest BCUT2D eigenvalue weighted by Gasteiger charge is -2.13. The summed E-state index contributed by atoms with van der Waals surface area (Å²) in [5.74, 6) is 0.221. The van der Waals surface area contributed by atoms with Gasteiger partial charge in [-0.3, -0.25) is 9.59 Å². The summed E-state index contributed by atoms with van der Waals surface area (Å²) in [4.78, 5) is 25.0. The molecule has 0 aromatic heterocycles. The van der Waals surface area contributed by atoms with Gasteiger partial charge in [0.25, 0.3) is 5.91 Å². The predicted octanol–water partition coefficient (Wildman–Crippen LogP) is 2.60. The van der Waals surface area contributed by atoms with Gasteiger partial charge in [0.2, 0.25) is 5.91 Å². The van der Waals surface area contributed by atoms with Crippen LogP contribution < -0.4 is 5.32 Å². The number of amides is 2. The molecule has 1 aromatic rings. The molecule has 0 spiro atoms. The van der Waals surface area contributed by atoms with Crippen LogP contribution in [0.15, 0.2) is 23.2 Å². The zero-order chi connectivity index (χ0) is 14.9. The second-order valence-electron chi connectivity index (χ2n) is 4.99. The summed E-state index contributed by atoms with van der Waals surface area (Å²) in [6, 6.07) is 4.07. The zero-order valence-corrected chi connectivity index (χ0v) is 12.9. The van der Waals surface area contributed by atoms with E-state index >= 15 is 0 Å². The predicted molar refractivity (Wildman–Crippen MR) is 82.6 cm³/mol.